The summed E-state index contributed by atoms with van der Waals surface area (Å²) in [6.45, 7) is 3.07. The lowest BCUT2D eigenvalue weighted by atomic mass is 10.0. The van der Waals surface area contributed by atoms with Gasteiger partial charge in [-0.25, -0.2) is 0 Å². The summed E-state index contributed by atoms with van der Waals surface area (Å²) < 4.78 is 5.00. The number of hydrogen-bond donors (Lipinski definition) is 1. The number of benzene rings is 1. The van der Waals surface area contributed by atoms with E-state index in [1.165, 1.54) is 29.7 Å². The Morgan fingerprint density at radius 3 is 3.00 bits per heavy atom. The van der Waals surface area contributed by atoms with Crippen LogP contribution in [0.25, 0.3) is 0 Å². The number of nitro groups is 1. The highest BCUT2D eigenvalue weighted by Gasteiger charge is 2.27. The van der Waals surface area contributed by atoms with Crippen LogP contribution in [0.3, 0.4) is 0 Å². The third kappa shape index (κ3) is 3.64. The van der Waals surface area contributed by atoms with Gasteiger partial charge in [-0.3, -0.25) is 19.8 Å². The topological polar surface area (TPSA) is 84.7 Å². The van der Waals surface area contributed by atoms with Crippen LogP contribution in [-0.2, 0) is 11.2 Å². The Morgan fingerprint density at radius 1 is 1.48 bits per heavy atom. The number of rotatable bonds is 5. The molecule has 0 saturated heterocycles. The molecule has 1 aromatic carbocycles. The molecule has 1 N–H and O–H groups in total. The van der Waals surface area contributed by atoms with E-state index in [1.54, 1.807) is 17.4 Å². The lowest BCUT2D eigenvalue weighted by molar-refractivity contribution is -0.384. The van der Waals surface area contributed by atoms with Gasteiger partial charge in [-0.15, -0.1) is 11.3 Å². The number of anilines is 1. The van der Waals surface area contributed by atoms with Crippen molar-refractivity contribution in [3.63, 3.8) is 0 Å². The maximum absolute atomic E-state index is 12.4. The van der Waals surface area contributed by atoms with E-state index in [0.29, 0.717) is 5.75 Å². The minimum Gasteiger partial charge on any atom is -0.496 e. The van der Waals surface area contributed by atoms with Crippen molar-refractivity contribution in [2.45, 2.75) is 19.4 Å². The van der Waals surface area contributed by atoms with Crippen LogP contribution in [0.4, 0.5) is 11.4 Å². The van der Waals surface area contributed by atoms with Gasteiger partial charge in [0.2, 0.25) is 5.91 Å². The molecule has 1 aliphatic heterocycles. The van der Waals surface area contributed by atoms with Crippen molar-refractivity contribution in [2.24, 2.45) is 0 Å². The van der Waals surface area contributed by atoms with Crippen LogP contribution in [0.2, 0.25) is 0 Å². The molecule has 1 aromatic heterocycles. The number of carbonyl (C=O) groups excluding carboxylic acids is 1. The van der Waals surface area contributed by atoms with Gasteiger partial charge in [-0.05, 0) is 42.5 Å². The molecule has 132 valence electrons. The molecule has 1 aliphatic rings. The number of ether oxygens (including phenoxy) is 1. The molecule has 7 nitrogen and oxygen atoms in total. The number of hydrogen-bond acceptors (Lipinski definition) is 6. The van der Waals surface area contributed by atoms with Gasteiger partial charge >= 0.3 is 0 Å². The van der Waals surface area contributed by atoms with Gasteiger partial charge in [-0.2, -0.15) is 0 Å². The van der Waals surface area contributed by atoms with Gasteiger partial charge in [0.15, 0.2) is 0 Å². The SMILES string of the molecule is COc1ccc(NC(=O)CN2CCc3sccc3C2C)c([N+](=O)[O-])c1. The highest BCUT2D eigenvalue weighted by molar-refractivity contribution is 7.10. The maximum atomic E-state index is 12.4. The quantitative estimate of drug-likeness (QED) is 0.653. The summed E-state index contributed by atoms with van der Waals surface area (Å²) in [7, 11) is 1.44. The number of nitro benzene ring substituents is 1. The summed E-state index contributed by atoms with van der Waals surface area (Å²) in [4.78, 5) is 26.5. The van der Waals surface area contributed by atoms with E-state index in [2.05, 4.69) is 28.6 Å². The highest BCUT2D eigenvalue weighted by atomic mass is 32.1. The summed E-state index contributed by atoms with van der Waals surface area (Å²) in [6, 6.07) is 6.64. The molecule has 1 amide bonds. The number of amides is 1. The van der Waals surface area contributed by atoms with Crippen molar-refractivity contribution >= 4 is 28.6 Å². The van der Waals surface area contributed by atoms with Crippen LogP contribution in [0.15, 0.2) is 29.6 Å². The first-order chi connectivity index (χ1) is 12.0. The average molecular weight is 361 g/mol. The van der Waals surface area contributed by atoms with E-state index in [9.17, 15) is 14.9 Å². The molecule has 0 radical (unpaired) electrons. The van der Waals surface area contributed by atoms with Crippen LogP contribution in [-0.4, -0.2) is 35.9 Å². The summed E-state index contributed by atoms with van der Waals surface area (Å²) in [5, 5.41) is 15.9. The molecule has 0 saturated carbocycles. The van der Waals surface area contributed by atoms with Crippen molar-refractivity contribution in [3.05, 3.63) is 50.2 Å². The summed E-state index contributed by atoms with van der Waals surface area (Å²) >= 11 is 1.75. The Bertz CT molecular complexity index is 805. The maximum Gasteiger partial charge on any atom is 0.296 e. The molecule has 0 aliphatic carbocycles. The molecule has 0 bridgehead atoms. The van der Waals surface area contributed by atoms with E-state index in [-0.39, 0.29) is 29.9 Å². The second-order valence-electron chi connectivity index (χ2n) is 5.88. The molecule has 0 spiro atoms. The normalized spacial score (nSPS) is 17.0. The van der Waals surface area contributed by atoms with Gasteiger partial charge in [0.1, 0.15) is 11.4 Å². The number of fused-ring (bicyclic) bond motifs is 1. The minimum atomic E-state index is -0.528. The third-order valence-electron chi connectivity index (χ3n) is 4.43. The smallest absolute Gasteiger partial charge is 0.296 e. The van der Waals surface area contributed by atoms with Gasteiger partial charge in [0.05, 0.1) is 24.6 Å². The van der Waals surface area contributed by atoms with Gasteiger partial charge in [-0.1, -0.05) is 0 Å². The second kappa shape index (κ2) is 7.20. The fraction of sp³-hybridized carbons (Fsp3) is 0.353. The van der Waals surface area contributed by atoms with Crippen LogP contribution >= 0.6 is 11.3 Å². The Hall–Kier alpha value is -2.45. The fourth-order valence-corrected chi connectivity index (χ4v) is 4.01. The van der Waals surface area contributed by atoms with Crippen molar-refractivity contribution in [3.8, 4) is 5.75 Å². The van der Waals surface area contributed by atoms with Crippen LogP contribution in [0.1, 0.15) is 23.4 Å². The van der Waals surface area contributed by atoms with Crippen molar-refractivity contribution in [1.29, 1.82) is 0 Å². The molecule has 1 atom stereocenters. The van der Waals surface area contributed by atoms with Crippen LogP contribution in [0.5, 0.6) is 5.75 Å². The third-order valence-corrected chi connectivity index (χ3v) is 5.42. The number of thiophene rings is 1. The number of nitrogens with one attached hydrogen (secondary N) is 1. The zero-order chi connectivity index (χ0) is 18.0. The molecule has 25 heavy (non-hydrogen) atoms. The molecule has 2 aromatic rings. The predicted molar refractivity (Wildman–Crippen MR) is 96.3 cm³/mol. The van der Waals surface area contributed by atoms with E-state index in [4.69, 9.17) is 4.74 Å². The lowest BCUT2D eigenvalue weighted by Crippen LogP contribution is -2.39. The Labute approximate surface area is 149 Å². The highest BCUT2D eigenvalue weighted by Crippen LogP contribution is 2.33. The van der Waals surface area contributed by atoms with Crippen molar-refractivity contribution < 1.29 is 14.5 Å². The zero-order valence-electron chi connectivity index (χ0n) is 14.0. The zero-order valence-corrected chi connectivity index (χ0v) is 14.8. The first-order valence-corrected chi connectivity index (χ1v) is 8.80. The van der Waals surface area contributed by atoms with Crippen LogP contribution < -0.4 is 10.1 Å². The number of carbonyl (C=O) groups is 1. The molecular formula is C17H19N3O4S. The van der Waals surface area contributed by atoms with E-state index in [1.807, 2.05) is 0 Å². The van der Waals surface area contributed by atoms with Gasteiger partial charge in [0.25, 0.3) is 5.69 Å². The second-order valence-corrected chi connectivity index (χ2v) is 6.88. The standard InChI is InChI=1S/C17H19N3O4S/c1-11-13-6-8-25-16(13)5-7-19(11)10-17(21)18-14-4-3-12(24-2)9-15(14)20(22)23/h3-4,6,8-9,11H,5,7,10H2,1-2H3,(H,18,21). The number of methoxy groups -OCH3 is 1. The lowest BCUT2D eigenvalue weighted by Gasteiger charge is -2.32. The fourth-order valence-electron chi connectivity index (χ4n) is 3.05. The Morgan fingerprint density at radius 2 is 2.28 bits per heavy atom. The largest absolute Gasteiger partial charge is 0.496 e. The number of nitrogens with zero attached hydrogens (tertiary/aromatic N) is 2. The molecule has 3 rings (SSSR count). The van der Waals surface area contributed by atoms with Gasteiger partial charge < -0.3 is 10.1 Å². The predicted octanol–water partition coefficient (Wildman–Crippen LogP) is 3.22. The average Bonchev–Trinajstić information content (AvgIpc) is 3.07. The van der Waals surface area contributed by atoms with Crippen LogP contribution in [0, 0.1) is 10.1 Å². The Balaban J connectivity index is 1.70. The van der Waals surface area contributed by atoms with E-state index < -0.39 is 4.92 Å². The first kappa shape index (κ1) is 17.4. The summed E-state index contributed by atoms with van der Waals surface area (Å²) in [5.74, 6) is 0.109. The molecule has 0 fully saturated rings. The molecule has 1 unspecified atom stereocenters. The minimum absolute atomic E-state index is 0.159. The molecule has 8 heteroatoms. The van der Waals surface area contributed by atoms with E-state index >= 15 is 0 Å². The summed E-state index contributed by atoms with van der Waals surface area (Å²) in [6.07, 6.45) is 0.924. The Kier molecular flexibility index (Phi) is 5.00. The first-order valence-electron chi connectivity index (χ1n) is 7.92. The van der Waals surface area contributed by atoms with Crippen molar-refractivity contribution in [2.75, 3.05) is 25.5 Å². The molecule has 2 heterocycles. The monoisotopic (exact) mass is 361 g/mol. The van der Waals surface area contributed by atoms with E-state index in [0.717, 1.165) is 13.0 Å². The van der Waals surface area contributed by atoms with Crippen molar-refractivity contribution in [1.82, 2.24) is 4.90 Å². The van der Waals surface area contributed by atoms with Gasteiger partial charge in [0, 0.05) is 17.5 Å². The summed E-state index contributed by atoms with van der Waals surface area (Å²) in [5.41, 5.74) is 1.26. The molecular weight excluding hydrogens is 342 g/mol.